The molecule has 0 aliphatic heterocycles. The van der Waals surface area contributed by atoms with E-state index in [-0.39, 0.29) is 18.4 Å². The molecule has 0 saturated heterocycles. The van der Waals surface area contributed by atoms with Gasteiger partial charge in [0.15, 0.2) is 0 Å². The van der Waals surface area contributed by atoms with Crippen LogP contribution in [0, 0.1) is 5.92 Å². The molecule has 0 aromatic rings. The number of methoxy groups -OCH3 is 1. The van der Waals surface area contributed by atoms with E-state index in [9.17, 15) is 9.59 Å². The number of amides is 1. The number of carbonyl (C=O) groups is 2. The van der Waals surface area contributed by atoms with Crippen LogP contribution in [0.4, 0.5) is 0 Å². The molecule has 0 rings (SSSR count). The van der Waals surface area contributed by atoms with Gasteiger partial charge in [0.1, 0.15) is 6.54 Å². The van der Waals surface area contributed by atoms with Gasteiger partial charge in [-0.05, 0) is 12.8 Å². The summed E-state index contributed by atoms with van der Waals surface area (Å²) in [5, 5.41) is 0. The summed E-state index contributed by atoms with van der Waals surface area (Å²) in [5.74, 6) is -0.669. The van der Waals surface area contributed by atoms with Crippen molar-refractivity contribution in [3.8, 4) is 0 Å². The number of nitrogens with zero attached hydrogens (tertiary/aromatic N) is 1. The number of esters is 1. The molecule has 1 atom stereocenters. The van der Waals surface area contributed by atoms with Gasteiger partial charge >= 0.3 is 5.97 Å². The highest BCUT2D eigenvalue weighted by atomic mass is 16.5. The first-order chi connectivity index (χ1) is 8.43. The van der Waals surface area contributed by atoms with Gasteiger partial charge in [-0.1, -0.05) is 13.8 Å². The lowest BCUT2D eigenvalue weighted by molar-refractivity contribution is -0.150. The summed E-state index contributed by atoms with van der Waals surface area (Å²) in [4.78, 5) is 24.9. The van der Waals surface area contributed by atoms with Crippen molar-refractivity contribution in [2.24, 2.45) is 11.7 Å². The van der Waals surface area contributed by atoms with E-state index >= 15 is 0 Å². The molecule has 6 nitrogen and oxygen atoms in total. The third-order valence-corrected chi connectivity index (χ3v) is 2.51. The molecule has 0 aliphatic carbocycles. The smallest absolute Gasteiger partial charge is 0.325 e. The summed E-state index contributed by atoms with van der Waals surface area (Å²) in [7, 11) is 1.54. The topological polar surface area (TPSA) is 81.9 Å². The highest BCUT2D eigenvalue weighted by Gasteiger charge is 2.25. The number of hydrogen-bond donors (Lipinski definition) is 1. The second-order valence-electron chi connectivity index (χ2n) is 4.33. The third-order valence-electron chi connectivity index (χ3n) is 2.51. The Hall–Kier alpha value is -1.14. The van der Waals surface area contributed by atoms with E-state index in [2.05, 4.69) is 0 Å². The van der Waals surface area contributed by atoms with Crippen molar-refractivity contribution < 1.29 is 19.1 Å². The van der Waals surface area contributed by atoms with Gasteiger partial charge < -0.3 is 20.1 Å². The number of carbonyl (C=O) groups excluding carboxylic acids is 2. The number of nitrogens with two attached hydrogens (primary N) is 1. The van der Waals surface area contributed by atoms with Crippen molar-refractivity contribution in [2.45, 2.75) is 26.8 Å². The van der Waals surface area contributed by atoms with Crippen LogP contribution in [0.5, 0.6) is 0 Å². The maximum absolute atomic E-state index is 12.1. The molecule has 1 amide bonds. The summed E-state index contributed by atoms with van der Waals surface area (Å²) >= 11 is 0. The van der Waals surface area contributed by atoms with Gasteiger partial charge in [-0.2, -0.15) is 0 Å². The van der Waals surface area contributed by atoms with Crippen LogP contribution in [0.3, 0.4) is 0 Å². The van der Waals surface area contributed by atoms with Crippen LogP contribution in [0.2, 0.25) is 0 Å². The molecule has 0 unspecified atom stereocenters. The fourth-order valence-corrected chi connectivity index (χ4v) is 1.33. The van der Waals surface area contributed by atoms with Crippen molar-refractivity contribution in [3.05, 3.63) is 0 Å². The first kappa shape index (κ1) is 16.9. The van der Waals surface area contributed by atoms with Crippen molar-refractivity contribution in [2.75, 3.05) is 33.4 Å². The van der Waals surface area contributed by atoms with Crippen LogP contribution in [0.1, 0.15) is 20.8 Å². The lowest BCUT2D eigenvalue weighted by Gasteiger charge is -2.26. The SMILES string of the molecule is CCOC(=O)CN(CCOC)C(=O)[C@@H](N)C(C)C. The van der Waals surface area contributed by atoms with Crippen LogP contribution in [0.15, 0.2) is 0 Å². The van der Waals surface area contributed by atoms with E-state index in [1.54, 1.807) is 6.92 Å². The third kappa shape index (κ3) is 5.97. The van der Waals surface area contributed by atoms with E-state index < -0.39 is 12.0 Å². The van der Waals surface area contributed by atoms with E-state index in [4.69, 9.17) is 15.2 Å². The minimum absolute atomic E-state index is 0.0183. The Morgan fingerprint density at radius 2 is 1.94 bits per heavy atom. The summed E-state index contributed by atoms with van der Waals surface area (Å²) in [6.45, 7) is 6.34. The van der Waals surface area contributed by atoms with Gasteiger partial charge in [-0.15, -0.1) is 0 Å². The molecule has 106 valence electrons. The molecule has 18 heavy (non-hydrogen) atoms. The number of ether oxygens (including phenoxy) is 2. The predicted molar refractivity (Wildman–Crippen MR) is 67.9 cm³/mol. The predicted octanol–water partition coefficient (Wildman–Crippen LogP) is 0.00780. The molecule has 0 aromatic heterocycles. The number of rotatable bonds is 8. The lowest BCUT2D eigenvalue weighted by Crippen LogP contribution is -2.49. The second-order valence-corrected chi connectivity index (χ2v) is 4.33. The van der Waals surface area contributed by atoms with E-state index in [1.165, 1.54) is 12.0 Å². The Labute approximate surface area is 108 Å². The van der Waals surface area contributed by atoms with Gasteiger partial charge in [0.25, 0.3) is 0 Å². The largest absolute Gasteiger partial charge is 0.465 e. The maximum atomic E-state index is 12.1. The molecule has 0 aromatic carbocycles. The molecular formula is C12H24N2O4. The average molecular weight is 260 g/mol. The molecule has 0 heterocycles. The fraction of sp³-hybridized carbons (Fsp3) is 0.833. The molecule has 0 aliphatic rings. The van der Waals surface area contributed by atoms with Crippen molar-refractivity contribution in [3.63, 3.8) is 0 Å². The van der Waals surface area contributed by atoms with Gasteiger partial charge in [0.2, 0.25) is 5.91 Å². The Balaban J connectivity index is 4.55. The van der Waals surface area contributed by atoms with Crippen LogP contribution < -0.4 is 5.73 Å². The molecule has 0 bridgehead atoms. The molecule has 2 N–H and O–H groups in total. The van der Waals surface area contributed by atoms with Gasteiger partial charge in [-0.25, -0.2) is 0 Å². The Kier molecular flexibility index (Phi) is 8.32. The zero-order chi connectivity index (χ0) is 14.1. The van der Waals surface area contributed by atoms with E-state index in [0.29, 0.717) is 19.8 Å². The minimum Gasteiger partial charge on any atom is -0.465 e. The summed E-state index contributed by atoms with van der Waals surface area (Å²) < 4.78 is 9.75. The molecule has 0 fully saturated rings. The van der Waals surface area contributed by atoms with Crippen LogP contribution in [-0.4, -0.2) is 56.2 Å². The van der Waals surface area contributed by atoms with Crippen molar-refractivity contribution in [1.82, 2.24) is 4.90 Å². The molecule has 0 radical (unpaired) electrons. The first-order valence-corrected chi connectivity index (χ1v) is 6.12. The molecule has 6 heteroatoms. The Morgan fingerprint density at radius 3 is 2.39 bits per heavy atom. The summed E-state index contributed by atoms with van der Waals surface area (Å²) in [6, 6.07) is -0.615. The fourth-order valence-electron chi connectivity index (χ4n) is 1.33. The van der Waals surface area contributed by atoms with Gasteiger partial charge in [-0.3, -0.25) is 9.59 Å². The maximum Gasteiger partial charge on any atom is 0.325 e. The zero-order valence-corrected chi connectivity index (χ0v) is 11.6. The van der Waals surface area contributed by atoms with Gasteiger partial charge in [0.05, 0.1) is 19.3 Å². The van der Waals surface area contributed by atoms with Crippen molar-refractivity contribution >= 4 is 11.9 Å². The lowest BCUT2D eigenvalue weighted by atomic mass is 10.0. The molecular weight excluding hydrogens is 236 g/mol. The molecule has 0 saturated carbocycles. The van der Waals surface area contributed by atoms with Crippen LogP contribution >= 0.6 is 0 Å². The Morgan fingerprint density at radius 1 is 1.33 bits per heavy atom. The highest BCUT2D eigenvalue weighted by molar-refractivity contribution is 5.85. The van der Waals surface area contributed by atoms with E-state index in [1.807, 2.05) is 13.8 Å². The Bertz CT molecular complexity index is 269. The highest BCUT2D eigenvalue weighted by Crippen LogP contribution is 2.04. The summed E-state index contributed by atoms with van der Waals surface area (Å²) in [6.07, 6.45) is 0. The minimum atomic E-state index is -0.615. The standard InChI is InChI=1S/C12H24N2O4/c1-5-18-10(15)8-14(6-7-17-4)12(16)11(13)9(2)3/h9,11H,5-8,13H2,1-4H3/t11-/m0/s1. The second kappa shape index (κ2) is 8.88. The van der Waals surface area contributed by atoms with E-state index in [0.717, 1.165) is 0 Å². The monoisotopic (exact) mass is 260 g/mol. The average Bonchev–Trinajstić information content (AvgIpc) is 2.32. The normalized spacial score (nSPS) is 12.3. The van der Waals surface area contributed by atoms with Crippen LogP contribution in [-0.2, 0) is 19.1 Å². The van der Waals surface area contributed by atoms with Gasteiger partial charge in [0, 0.05) is 13.7 Å². The molecule has 0 spiro atoms. The summed E-state index contributed by atoms with van der Waals surface area (Å²) in [5.41, 5.74) is 5.80. The van der Waals surface area contributed by atoms with Crippen molar-refractivity contribution in [1.29, 1.82) is 0 Å². The number of hydrogen-bond acceptors (Lipinski definition) is 5. The quantitative estimate of drug-likeness (QED) is 0.622. The van der Waals surface area contributed by atoms with Crippen LogP contribution in [0.25, 0.3) is 0 Å². The zero-order valence-electron chi connectivity index (χ0n) is 11.6. The first-order valence-electron chi connectivity index (χ1n) is 6.12.